The highest BCUT2D eigenvalue weighted by Gasteiger charge is 2.09. The van der Waals surface area contributed by atoms with Crippen molar-refractivity contribution in [3.8, 4) is 11.1 Å². The number of fused-ring (bicyclic) bond motifs is 1. The molecule has 3 aromatic rings. The van der Waals surface area contributed by atoms with Crippen molar-refractivity contribution in [3.05, 3.63) is 42.6 Å². The standard InChI is InChI=1S/C14H13N3O/c1-9(15-2)13-7-17-14-12(13)5-11(6-16-14)10-3-4-18-8-10/h3-8H,1-2H3,(H,16,17)/b15-9+. The average molecular weight is 239 g/mol. The molecule has 0 fully saturated rings. The monoisotopic (exact) mass is 239 g/mol. The third kappa shape index (κ3) is 1.62. The fraction of sp³-hybridized carbons (Fsp3) is 0.143. The molecule has 0 atom stereocenters. The third-order valence-electron chi connectivity index (χ3n) is 3.11. The number of hydrogen-bond donors (Lipinski definition) is 1. The first-order chi connectivity index (χ1) is 8.79. The number of H-pyrrole nitrogens is 1. The zero-order valence-corrected chi connectivity index (χ0v) is 10.3. The van der Waals surface area contributed by atoms with Gasteiger partial charge in [-0.25, -0.2) is 4.98 Å². The van der Waals surface area contributed by atoms with E-state index < -0.39 is 0 Å². The molecule has 0 amide bonds. The van der Waals surface area contributed by atoms with E-state index in [1.54, 1.807) is 19.6 Å². The van der Waals surface area contributed by atoms with Gasteiger partial charge in [-0.05, 0) is 19.1 Å². The van der Waals surface area contributed by atoms with E-state index >= 15 is 0 Å². The number of rotatable bonds is 2. The van der Waals surface area contributed by atoms with Crippen molar-refractivity contribution in [1.29, 1.82) is 0 Å². The molecule has 0 saturated carbocycles. The van der Waals surface area contributed by atoms with E-state index in [1.165, 1.54) is 0 Å². The summed E-state index contributed by atoms with van der Waals surface area (Å²) in [6, 6.07) is 4.03. The van der Waals surface area contributed by atoms with Gasteiger partial charge in [0.05, 0.1) is 12.5 Å². The van der Waals surface area contributed by atoms with Crippen molar-refractivity contribution < 1.29 is 4.42 Å². The Balaban J connectivity index is 2.22. The zero-order chi connectivity index (χ0) is 12.5. The first kappa shape index (κ1) is 10.8. The second-order valence-electron chi connectivity index (χ2n) is 4.14. The highest BCUT2D eigenvalue weighted by atomic mass is 16.3. The molecule has 18 heavy (non-hydrogen) atoms. The van der Waals surface area contributed by atoms with E-state index in [1.807, 2.05) is 25.4 Å². The van der Waals surface area contributed by atoms with Crippen molar-refractivity contribution in [3.63, 3.8) is 0 Å². The lowest BCUT2D eigenvalue weighted by molar-refractivity contribution is 0.568. The highest BCUT2D eigenvalue weighted by Crippen LogP contribution is 2.25. The number of pyridine rings is 1. The van der Waals surface area contributed by atoms with Gasteiger partial charge >= 0.3 is 0 Å². The predicted molar refractivity (Wildman–Crippen MR) is 71.9 cm³/mol. The Hall–Kier alpha value is -2.36. The average Bonchev–Trinajstić information content (AvgIpc) is 3.06. The van der Waals surface area contributed by atoms with Gasteiger partial charge in [-0.15, -0.1) is 0 Å². The Bertz CT molecular complexity index is 708. The van der Waals surface area contributed by atoms with Crippen LogP contribution in [0.5, 0.6) is 0 Å². The number of nitrogens with one attached hydrogen (secondary N) is 1. The Kier molecular flexibility index (Phi) is 2.48. The van der Waals surface area contributed by atoms with Gasteiger partial charge in [0.2, 0.25) is 0 Å². The summed E-state index contributed by atoms with van der Waals surface area (Å²) in [5.41, 5.74) is 5.03. The fourth-order valence-electron chi connectivity index (χ4n) is 2.01. The van der Waals surface area contributed by atoms with Gasteiger partial charge in [0.25, 0.3) is 0 Å². The molecule has 90 valence electrons. The van der Waals surface area contributed by atoms with E-state index in [0.717, 1.165) is 33.4 Å². The molecule has 0 bridgehead atoms. The van der Waals surface area contributed by atoms with Gasteiger partial charge in [0, 0.05) is 47.2 Å². The van der Waals surface area contributed by atoms with Gasteiger partial charge in [-0.1, -0.05) is 0 Å². The molecule has 0 radical (unpaired) electrons. The van der Waals surface area contributed by atoms with Gasteiger partial charge in [0.15, 0.2) is 0 Å². The molecule has 0 aliphatic heterocycles. The van der Waals surface area contributed by atoms with Crippen LogP contribution < -0.4 is 0 Å². The molecule has 0 spiro atoms. The Morgan fingerprint density at radius 3 is 3.00 bits per heavy atom. The first-order valence-corrected chi connectivity index (χ1v) is 5.73. The molecule has 0 saturated heterocycles. The zero-order valence-electron chi connectivity index (χ0n) is 10.3. The topological polar surface area (TPSA) is 54.2 Å². The third-order valence-corrected chi connectivity index (χ3v) is 3.11. The Morgan fingerprint density at radius 1 is 1.39 bits per heavy atom. The second-order valence-corrected chi connectivity index (χ2v) is 4.14. The largest absolute Gasteiger partial charge is 0.472 e. The van der Waals surface area contributed by atoms with Crippen molar-refractivity contribution in [1.82, 2.24) is 9.97 Å². The van der Waals surface area contributed by atoms with Gasteiger partial charge in [-0.3, -0.25) is 4.99 Å². The van der Waals surface area contributed by atoms with E-state index in [2.05, 4.69) is 21.0 Å². The molecule has 0 aromatic carbocycles. The lowest BCUT2D eigenvalue weighted by atomic mass is 10.1. The molecular weight excluding hydrogens is 226 g/mol. The summed E-state index contributed by atoms with van der Waals surface area (Å²) < 4.78 is 5.10. The minimum atomic E-state index is 0.875. The maximum Gasteiger partial charge on any atom is 0.137 e. The molecule has 4 heteroatoms. The van der Waals surface area contributed by atoms with Crippen LogP contribution in [0.25, 0.3) is 22.2 Å². The maximum atomic E-state index is 5.10. The molecule has 0 aliphatic rings. The number of furan rings is 1. The molecule has 3 heterocycles. The van der Waals surface area contributed by atoms with Crippen LogP contribution in [0, 0.1) is 0 Å². The SMILES string of the molecule is C/N=C(\C)c1c[nH]c2ncc(-c3ccoc3)cc12. The van der Waals surface area contributed by atoms with Crippen molar-refractivity contribution >= 4 is 16.7 Å². The molecule has 3 rings (SSSR count). The minimum Gasteiger partial charge on any atom is -0.472 e. The van der Waals surface area contributed by atoms with Crippen LogP contribution >= 0.6 is 0 Å². The fourth-order valence-corrected chi connectivity index (χ4v) is 2.01. The molecular formula is C14H13N3O. The maximum absolute atomic E-state index is 5.10. The minimum absolute atomic E-state index is 0.875. The van der Waals surface area contributed by atoms with Gasteiger partial charge < -0.3 is 9.40 Å². The smallest absolute Gasteiger partial charge is 0.137 e. The van der Waals surface area contributed by atoms with Crippen molar-refractivity contribution in [2.75, 3.05) is 7.05 Å². The van der Waals surface area contributed by atoms with Gasteiger partial charge in [0.1, 0.15) is 5.65 Å². The van der Waals surface area contributed by atoms with Crippen LogP contribution in [0.4, 0.5) is 0 Å². The molecule has 0 aliphatic carbocycles. The number of aromatic nitrogens is 2. The molecule has 0 unspecified atom stereocenters. The normalized spacial score (nSPS) is 12.2. The molecule has 3 aromatic heterocycles. The number of hydrogen-bond acceptors (Lipinski definition) is 3. The molecule has 1 N–H and O–H groups in total. The quantitative estimate of drug-likeness (QED) is 0.698. The number of aliphatic imine (C=N–C) groups is 1. The van der Waals surface area contributed by atoms with Gasteiger partial charge in [-0.2, -0.15) is 0 Å². The number of nitrogens with zero attached hydrogens (tertiary/aromatic N) is 2. The second kappa shape index (κ2) is 4.14. The van der Waals surface area contributed by atoms with Crippen LogP contribution in [0.1, 0.15) is 12.5 Å². The van der Waals surface area contributed by atoms with Crippen molar-refractivity contribution in [2.24, 2.45) is 4.99 Å². The Labute approximate surface area is 104 Å². The van der Waals surface area contributed by atoms with E-state index in [-0.39, 0.29) is 0 Å². The van der Waals surface area contributed by atoms with E-state index in [4.69, 9.17) is 4.42 Å². The van der Waals surface area contributed by atoms with Crippen LogP contribution in [0.2, 0.25) is 0 Å². The number of aromatic amines is 1. The predicted octanol–water partition coefficient (Wildman–Crippen LogP) is 3.26. The summed E-state index contributed by atoms with van der Waals surface area (Å²) in [6.07, 6.45) is 7.16. The highest BCUT2D eigenvalue weighted by molar-refractivity contribution is 6.09. The van der Waals surface area contributed by atoms with Crippen molar-refractivity contribution in [2.45, 2.75) is 6.92 Å². The van der Waals surface area contributed by atoms with Crippen LogP contribution in [-0.2, 0) is 0 Å². The van der Waals surface area contributed by atoms with Crippen LogP contribution in [-0.4, -0.2) is 22.7 Å². The first-order valence-electron chi connectivity index (χ1n) is 5.73. The summed E-state index contributed by atoms with van der Waals surface area (Å²) in [7, 11) is 1.79. The Morgan fingerprint density at radius 2 is 2.28 bits per heavy atom. The summed E-state index contributed by atoms with van der Waals surface area (Å²) >= 11 is 0. The summed E-state index contributed by atoms with van der Waals surface area (Å²) in [5, 5.41) is 1.08. The lowest BCUT2D eigenvalue weighted by Gasteiger charge is -2.00. The summed E-state index contributed by atoms with van der Waals surface area (Å²) in [6.45, 7) is 1.99. The van der Waals surface area contributed by atoms with Crippen LogP contribution in [0.3, 0.4) is 0 Å². The van der Waals surface area contributed by atoms with E-state index in [0.29, 0.717) is 0 Å². The summed E-state index contributed by atoms with van der Waals surface area (Å²) in [4.78, 5) is 11.8. The lowest BCUT2D eigenvalue weighted by Crippen LogP contribution is -1.92. The van der Waals surface area contributed by atoms with Crippen LogP contribution in [0.15, 0.2) is 46.5 Å². The molecule has 4 nitrogen and oxygen atoms in total. The van der Waals surface area contributed by atoms with E-state index in [9.17, 15) is 0 Å². The summed E-state index contributed by atoms with van der Waals surface area (Å²) in [5.74, 6) is 0.